The van der Waals surface area contributed by atoms with Crippen LogP contribution in [0.15, 0.2) is 53.9 Å². The van der Waals surface area contributed by atoms with Crippen molar-refractivity contribution in [2.45, 2.75) is 13.2 Å². The Morgan fingerprint density at radius 1 is 1.07 bits per heavy atom. The lowest BCUT2D eigenvalue weighted by molar-refractivity contribution is -0.914. The fourth-order valence-electron chi connectivity index (χ4n) is 3.35. The minimum Gasteiger partial charge on any atom is -0.508 e. The van der Waals surface area contributed by atoms with E-state index in [0.717, 1.165) is 49.1 Å². The normalized spacial score (nSPS) is 15.0. The Balaban J connectivity index is 1.25. The molecule has 1 aliphatic heterocycles. The van der Waals surface area contributed by atoms with Crippen LogP contribution in [0.2, 0.25) is 0 Å². The summed E-state index contributed by atoms with van der Waals surface area (Å²) in [5.41, 5.74) is 2.25. The van der Waals surface area contributed by atoms with Crippen LogP contribution in [0.25, 0.3) is 0 Å². The number of hydrogen-bond acceptors (Lipinski definition) is 5. The molecule has 146 valence electrons. The number of ether oxygens (including phenoxy) is 1. The molecule has 2 heterocycles. The largest absolute Gasteiger partial charge is 0.508 e. The van der Waals surface area contributed by atoms with Gasteiger partial charge in [0, 0.05) is 11.1 Å². The number of nitrogens with zero attached hydrogens (tertiary/aromatic N) is 2. The van der Waals surface area contributed by atoms with E-state index < -0.39 is 0 Å². The fraction of sp³-hybridized carbons (Fsp3) is 0.286. The summed E-state index contributed by atoms with van der Waals surface area (Å²) in [6.45, 7) is 5.41. The van der Waals surface area contributed by atoms with Crippen LogP contribution in [0.5, 0.6) is 11.5 Å². The van der Waals surface area contributed by atoms with Gasteiger partial charge in [-0.15, -0.1) is 11.3 Å². The summed E-state index contributed by atoms with van der Waals surface area (Å²) in [4.78, 5) is 8.55. The molecule has 0 amide bonds. The van der Waals surface area contributed by atoms with Gasteiger partial charge in [-0.2, -0.15) is 0 Å². The van der Waals surface area contributed by atoms with Gasteiger partial charge in [-0.1, -0.05) is 0 Å². The lowest BCUT2D eigenvalue weighted by atomic mass is 10.2. The highest BCUT2D eigenvalue weighted by molar-refractivity contribution is 7.09. The molecular formula is C21H23FN3O2S+. The predicted octanol–water partition coefficient (Wildman–Crippen LogP) is 2.47. The molecule has 2 N–H and O–H groups in total. The highest BCUT2D eigenvalue weighted by atomic mass is 32.1. The monoisotopic (exact) mass is 400 g/mol. The lowest BCUT2D eigenvalue weighted by Crippen LogP contribution is -3.13. The highest BCUT2D eigenvalue weighted by Gasteiger charge is 2.21. The molecule has 5 nitrogen and oxygen atoms in total. The number of nitrogens with one attached hydrogen (secondary N) is 1. The number of anilines is 1. The Morgan fingerprint density at radius 2 is 1.79 bits per heavy atom. The van der Waals surface area contributed by atoms with Gasteiger partial charge in [0.15, 0.2) is 0 Å². The van der Waals surface area contributed by atoms with Crippen molar-refractivity contribution in [3.63, 3.8) is 0 Å². The van der Waals surface area contributed by atoms with Gasteiger partial charge < -0.3 is 19.6 Å². The van der Waals surface area contributed by atoms with Gasteiger partial charge in [-0.05, 0) is 48.5 Å². The van der Waals surface area contributed by atoms with E-state index in [1.807, 2.05) is 12.1 Å². The summed E-state index contributed by atoms with van der Waals surface area (Å²) in [5, 5.41) is 12.5. The standard InChI is InChI=1S/C21H22FN3O2S/c22-16-1-7-20(8-2-16)27-14-21-23-17(15-28-21)13-24-9-11-25(12-10-24)18-3-5-19(26)6-4-18/h1-8,15,26H,9-14H2/p+1. The number of piperazine rings is 1. The molecule has 0 aliphatic carbocycles. The van der Waals surface area contributed by atoms with E-state index in [2.05, 4.69) is 15.3 Å². The molecule has 3 aromatic rings. The molecule has 0 bridgehead atoms. The highest BCUT2D eigenvalue weighted by Crippen LogP contribution is 2.18. The average Bonchev–Trinajstić information content (AvgIpc) is 3.16. The zero-order chi connectivity index (χ0) is 19.3. The Morgan fingerprint density at radius 3 is 2.50 bits per heavy atom. The van der Waals surface area contributed by atoms with Crippen LogP contribution in [0, 0.1) is 5.82 Å². The molecule has 2 aromatic carbocycles. The molecule has 0 atom stereocenters. The average molecular weight is 400 g/mol. The molecule has 0 unspecified atom stereocenters. The van der Waals surface area contributed by atoms with Crippen molar-refractivity contribution in [3.05, 3.63) is 70.4 Å². The maximum absolute atomic E-state index is 12.9. The number of aromatic hydroxyl groups is 1. The summed E-state index contributed by atoms with van der Waals surface area (Å²) in [7, 11) is 0. The van der Waals surface area contributed by atoms with Gasteiger partial charge in [0.25, 0.3) is 0 Å². The number of aromatic nitrogens is 1. The second-order valence-corrected chi connectivity index (χ2v) is 7.85. The molecule has 0 radical (unpaired) electrons. The second kappa shape index (κ2) is 8.58. The number of phenols is 1. The Hall–Kier alpha value is -2.64. The molecule has 7 heteroatoms. The molecule has 28 heavy (non-hydrogen) atoms. The molecule has 1 aliphatic rings. The second-order valence-electron chi connectivity index (χ2n) is 6.91. The van der Waals surface area contributed by atoms with Gasteiger partial charge >= 0.3 is 0 Å². The van der Waals surface area contributed by atoms with Crippen LogP contribution in [0.3, 0.4) is 0 Å². The van der Waals surface area contributed by atoms with Crippen LogP contribution in [0.4, 0.5) is 10.1 Å². The van der Waals surface area contributed by atoms with Gasteiger partial charge in [0.1, 0.15) is 41.2 Å². The molecular weight excluding hydrogens is 377 g/mol. The van der Waals surface area contributed by atoms with Crippen molar-refractivity contribution in [2.75, 3.05) is 31.1 Å². The third-order valence-electron chi connectivity index (χ3n) is 4.89. The van der Waals surface area contributed by atoms with Gasteiger partial charge in [0.05, 0.1) is 26.2 Å². The maximum atomic E-state index is 12.9. The predicted molar refractivity (Wildman–Crippen MR) is 108 cm³/mol. The molecule has 1 aromatic heterocycles. The summed E-state index contributed by atoms with van der Waals surface area (Å²) in [5.74, 6) is 0.683. The zero-order valence-corrected chi connectivity index (χ0v) is 16.3. The first-order valence-corrected chi connectivity index (χ1v) is 10.2. The molecule has 4 rings (SSSR count). The van der Waals surface area contributed by atoms with Crippen molar-refractivity contribution in [3.8, 4) is 11.5 Å². The minimum absolute atomic E-state index is 0.266. The molecule has 0 spiro atoms. The Kier molecular flexibility index (Phi) is 5.73. The Labute approximate surface area is 167 Å². The van der Waals surface area contributed by atoms with Crippen LogP contribution in [-0.4, -0.2) is 36.3 Å². The van der Waals surface area contributed by atoms with E-state index in [9.17, 15) is 9.50 Å². The lowest BCUT2D eigenvalue weighted by Gasteiger charge is -2.33. The first kappa shape index (κ1) is 18.7. The number of halogens is 1. The SMILES string of the molecule is Oc1ccc(N2CC[NH+](Cc3csc(COc4ccc(F)cc4)n3)CC2)cc1. The summed E-state index contributed by atoms with van der Waals surface area (Å²) in [6, 6.07) is 13.4. The first-order valence-electron chi connectivity index (χ1n) is 9.35. The van der Waals surface area contributed by atoms with Crippen molar-refractivity contribution < 1.29 is 19.1 Å². The van der Waals surface area contributed by atoms with Crippen molar-refractivity contribution in [2.24, 2.45) is 0 Å². The zero-order valence-electron chi connectivity index (χ0n) is 15.5. The van der Waals surface area contributed by atoms with Crippen LogP contribution >= 0.6 is 11.3 Å². The topological polar surface area (TPSA) is 50.0 Å². The van der Waals surface area contributed by atoms with Gasteiger partial charge in [0.2, 0.25) is 0 Å². The Bertz CT molecular complexity index is 891. The molecule has 0 saturated carbocycles. The first-order chi connectivity index (χ1) is 13.7. The summed E-state index contributed by atoms with van der Waals surface area (Å²) >= 11 is 1.60. The number of phenolic OH excluding ortho intramolecular Hbond substituents is 1. The third-order valence-corrected chi connectivity index (χ3v) is 5.76. The number of quaternary nitrogens is 1. The quantitative estimate of drug-likeness (QED) is 0.668. The van der Waals surface area contributed by atoms with Gasteiger partial charge in [-0.25, -0.2) is 9.37 Å². The minimum atomic E-state index is -0.266. The molecule has 1 saturated heterocycles. The van der Waals surface area contributed by atoms with E-state index in [0.29, 0.717) is 18.1 Å². The number of thiazole rings is 1. The van der Waals surface area contributed by atoms with Crippen molar-refractivity contribution >= 4 is 17.0 Å². The maximum Gasteiger partial charge on any atom is 0.140 e. The number of hydrogen-bond donors (Lipinski definition) is 2. The van der Waals surface area contributed by atoms with E-state index >= 15 is 0 Å². The van der Waals surface area contributed by atoms with E-state index in [-0.39, 0.29) is 5.82 Å². The smallest absolute Gasteiger partial charge is 0.140 e. The third kappa shape index (κ3) is 4.79. The number of benzene rings is 2. The van der Waals surface area contributed by atoms with Crippen molar-refractivity contribution in [1.29, 1.82) is 0 Å². The van der Waals surface area contributed by atoms with Crippen molar-refractivity contribution in [1.82, 2.24) is 4.98 Å². The summed E-state index contributed by atoms with van der Waals surface area (Å²) in [6.07, 6.45) is 0. The van der Waals surface area contributed by atoms with Gasteiger partial charge in [-0.3, -0.25) is 0 Å². The fourth-order valence-corrected chi connectivity index (χ4v) is 4.05. The number of rotatable bonds is 6. The van der Waals surface area contributed by atoms with Crippen LogP contribution in [0.1, 0.15) is 10.7 Å². The molecule has 1 fully saturated rings. The van der Waals surface area contributed by atoms with Crippen LogP contribution < -0.4 is 14.5 Å². The summed E-state index contributed by atoms with van der Waals surface area (Å²) < 4.78 is 18.6. The van der Waals surface area contributed by atoms with E-state index in [1.54, 1.807) is 35.6 Å². The van der Waals surface area contributed by atoms with E-state index in [1.165, 1.54) is 17.0 Å². The van der Waals surface area contributed by atoms with E-state index in [4.69, 9.17) is 4.74 Å². The van der Waals surface area contributed by atoms with Crippen LogP contribution in [-0.2, 0) is 13.2 Å².